The summed E-state index contributed by atoms with van der Waals surface area (Å²) in [7, 11) is -3.44. The predicted molar refractivity (Wildman–Crippen MR) is 97.6 cm³/mol. The fourth-order valence-corrected chi connectivity index (χ4v) is 3.47. The summed E-state index contributed by atoms with van der Waals surface area (Å²) in [4.78, 5) is 11.9. The van der Waals surface area contributed by atoms with Gasteiger partial charge in [-0.05, 0) is 35.9 Å². The van der Waals surface area contributed by atoms with E-state index in [-0.39, 0.29) is 0 Å². The van der Waals surface area contributed by atoms with E-state index in [1.54, 1.807) is 59.3 Å². The number of carboxylic acids is 1. The molecule has 0 aliphatic carbocycles. The zero-order valence-electron chi connectivity index (χ0n) is 13.2. The highest BCUT2D eigenvalue weighted by Gasteiger charge is 2.23. The molecule has 2 aromatic carbocycles. The Morgan fingerprint density at radius 3 is 2.44 bits per heavy atom. The van der Waals surface area contributed by atoms with Crippen LogP contribution in [0.15, 0.2) is 54.7 Å². The molecule has 3 rings (SSSR count). The highest BCUT2D eigenvalue weighted by atomic mass is 35.5. The highest BCUT2D eigenvalue weighted by molar-refractivity contribution is 7.92. The lowest BCUT2D eigenvalue weighted by molar-refractivity contribution is -0.139. The van der Waals surface area contributed by atoms with Crippen LogP contribution < -0.4 is 4.72 Å². The van der Waals surface area contributed by atoms with Crippen LogP contribution >= 0.6 is 11.6 Å². The van der Waals surface area contributed by atoms with E-state index in [1.807, 2.05) is 0 Å². The van der Waals surface area contributed by atoms with Crippen molar-refractivity contribution in [1.29, 1.82) is 0 Å². The molecule has 25 heavy (non-hydrogen) atoms. The van der Waals surface area contributed by atoms with Crippen LogP contribution in [0.2, 0.25) is 5.02 Å². The van der Waals surface area contributed by atoms with Gasteiger partial charge in [-0.3, -0.25) is 4.72 Å². The minimum Gasteiger partial charge on any atom is -0.479 e. The Labute approximate surface area is 149 Å². The third-order valence-electron chi connectivity index (χ3n) is 3.76. The van der Waals surface area contributed by atoms with Gasteiger partial charge in [-0.15, -0.1) is 0 Å². The third kappa shape index (κ3) is 3.62. The maximum atomic E-state index is 11.9. The molecule has 6 nitrogen and oxygen atoms in total. The second kappa shape index (κ2) is 6.42. The largest absolute Gasteiger partial charge is 0.479 e. The van der Waals surface area contributed by atoms with Crippen LogP contribution in [0.25, 0.3) is 10.9 Å². The number of aromatic nitrogens is 1. The molecule has 0 saturated carbocycles. The van der Waals surface area contributed by atoms with Gasteiger partial charge in [0, 0.05) is 16.6 Å². The number of sulfonamides is 1. The van der Waals surface area contributed by atoms with Gasteiger partial charge in [0.2, 0.25) is 10.0 Å². The van der Waals surface area contributed by atoms with Gasteiger partial charge < -0.3 is 9.67 Å². The molecule has 0 bridgehead atoms. The van der Waals surface area contributed by atoms with Crippen LogP contribution in [0.5, 0.6) is 0 Å². The molecule has 0 fully saturated rings. The Kier molecular flexibility index (Phi) is 4.45. The number of hydrogen-bond acceptors (Lipinski definition) is 3. The second-order valence-electron chi connectivity index (χ2n) is 5.63. The van der Waals surface area contributed by atoms with Crippen LogP contribution in [0.1, 0.15) is 11.6 Å². The van der Waals surface area contributed by atoms with Crippen molar-refractivity contribution >= 4 is 44.2 Å². The van der Waals surface area contributed by atoms with Gasteiger partial charge in [-0.2, -0.15) is 0 Å². The van der Waals surface area contributed by atoms with Gasteiger partial charge in [-0.25, -0.2) is 13.2 Å². The van der Waals surface area contributed by atoms with Crippen molar-refractivity contribution in [2.24, 2.45) is 0 Å². The number of benzene rings is 2. The zero-order valence-corrected chi connectivity index (χ0v) is 14.8. The van der Waals surface area contributed by atoms with E-state index in [0.717, 1.165) is 6.26 Å². The van der Waals surface area contributed by atoms with Crippen LogP contribution in [0.4, 0.5) is 5.69 Å². The fraction of sp³-hybridized carbons (Fsp3) is 0.118. The van der Waals surface area contributed by atoms with Crippen LogP contribution in [0, 0.1) is 0 Å². The lowest BCUT2D eigenvalue weighted by atomic mass is 10.1. The summed E-state index contributed by atoms with van der Waals surface area (Å²) in [5.41, 5.74) is 1.57. The number of carbonyl (C=O) groups is 1. The molecule has 3 aromatic rings. The van der Waals surface area contributed by atoms with Gasteiger partial charge in [0.05, 0.1) is 17.5 Å². The summed E-state index contributed by atoms with van der Waals surface area (Å²) in [6.45, 7) is 0. The SMILES string of the molecule is CS(=O)(=O)Nc1cccc2c1ccn2[C@@H](C(=O)O)c1ccc(Cl)cc1. The molecule has 1 heterocycles. The first-order chi connectivity index (χ1) is 11.8. The van der Waals surface area contributed by atoms with Crippen LogP contribution in [0.3, 0.4) is 0 Å². The molecule has 1 aromatic heterocycles. The molecule has 1 atom stereocenters. The van der Waals surface area contributed by atoms with E-state index in [0.29, 0.717) is 27.2 Å². The average molecular weight is 379 g/mol. The summed E-state index contributed by atoms with van der Waals surface area (Å²) in [6, 6.07) is 12.4. The van der Waals surface area contributed by atoms with Gasteiger partial charge in [0.25, 0.3) is 0 Å². The van der Waals surface area contributed by atoms with Gasteiger partial charge in [-0.1, -0.05) is 29.8 Å². The lowest BCUT2D eigenvalue weighted by Crippen LogP contribution is -2.19. The van der Waals surface area contributed by atoms with E-state index in [1.165, 1.54) is 0 Å². The van der Waals surface area contributed by atoms with Crippen molar-refractivity contribution in [1.82, 2.24) is 4.57 Å². The van der Waals surface area contributed by atoms with Gasteiger partial charge >= 0.3 is 5.97 Å². The number of nitrogens with one attached hydrogen (secondary N) is 1. The number of carboxylic acid groups (broad SMARTS) is 1. The molecule has 130 valence electrons. The average Bonchev–Trinajstić information content (AvgIpc) is 2.93. The first-order valence-corrected chi connectivity index (χ1v) is 9.59. The molecule has 0 saturated heterocycles. The van der Waals surface area contributed by atoms with Crippen molar-refractivity contribution in [3.05, 3.63) is 65.3 Å². The highest BCUT2D eigenvalue weighted by Crippen LogP contribution is 2.30. The minimum atomic E-state index is -3.44. The van der Waals surface area contributed by atoms with Crippen molar-refractivity contribution < 1.29 is 18.3 Å². The summed E-state index contributed by atoms with van der Waals surface area (Å²) in [5, 5.41) is 10.9. The first-order valence-electron chi connectivity index (χ1n) is 7.32. The number of aliphatic carboxylic acids is 1. The smallest absolute Gasteiger partial charge is 0.331 e. The Morgan fingerprint density at radius 2 is 1.84 bits per heavy atom. The van der Waals surface area contributed by atoms with Crippen LogP contribution in [-0.2, 0) is 14.8 Å². The molecule has 0 unspecified atom stereocenters. The lowest BCUT2D eigenvalue weighted by Gasteiger charge is -2.17. The Balaban J connectivity index is 2.15. The van der Waals surface area contributed by atoms with Crippen molar-refractivity contribution in [2.45, 2.75) is 6.04 Å². The monoisotopic (exact) mass is 378 g/mol. The number of hydrogen-bond donors (Lipinski definition) is 2. The molecule has 2 N–H and O–H groups in total. The minimum absolute atomic E-state index is 0.402. The maximum absolute atomic E-state index is 11.9. The van der Waals surface area contributed by atoms with E-state index >= 15 is 0 Å². The topological polar surface area (TPSA) is 88.4 Å². The quantitative estimate of drug-likeness (QED) is 0.712. The molecular weight excluding hydrogens is 364 g/mol. The number of anilines is 1. The molecule has 8 heteroatoms. The van der Waals surface area contributed by atoms with E-state index in [2.05, 4.69) is 4.72 Å². The number of fused-ring (bicyclic) bond motifs is 1. The first kappa shape index (κ1) is 17.3. The normalized spacial score (nSPS) is 12.9. The summed E-state index contributed by atoms with van der Waals surface area (Å²) >= 11 is 5.88. The Hall–Kier alpha value is -2.51. The standard InChI is InChI=1S/C17H15ClN2O4S/c1-25(23,24)19-14-3-2-4-15-13(14)9-10-20(15)16(17(21)22)11-5-7-12(18)8-6-11/h2-10,16,19H,1H3,(H,21,22)/t16-/m1/s1. The number of nitrogens with zero attached hydrogens (tertiary/aromatic N) is 1. The summed E-state index contributed by atoms with van der Waals surface area (Å²) < 4.78 is 27.1. The number of rotatable bonds is 5. The maximum Gasteiger partial charge on any atom is 0.331 e. The van der Waals surface area contributed by atoms with Crippen LogP contribution in [-0.4, -0.2) is 30.3 Å². The molecule has 0 spiro atoms. The van der Waals surface area contributed by atoms with Crippen molar-refractivity contribution in [3.8, 4) is 0 Å². The van der Waals surface area contributed by atoms with E-state index in [4.69, 9.17) is 11.6 Å². The predicted octanol–water partition coefficient (Wildman–Crippen LogP) is 3.34. The summed E-state index contributed by atoms with van der Waals surface area (Å²) in [6.07, 6.45) is 2.70. The van der Waals surface area contributed by atoms with Gasteiger partial charge in [0.1, 0.15) is 0 Å². The van der Waals surface area contributed by atoms with Crippen molar-refractivity contribution in [3.63, 3.8) is 0 Å². The Morgan fingerprint density at radius 1 is 1.16 bits per heavy atom. The van der Waals surface area contributed by atoms with E-state index < -0.39 is 22.0 Å². The Bertz CT molecular complexity index is 1040. The third-order valence-corrected chi connectivity index (χ3v) is 4.60. The fourth-order valence-electron chi connectivity index (χ4n) is 2.77. The molecule has 0 radical (unpaired) electrons. The molecular formula is C17H15ClN2O4S. The zero-order chi connectivity index (χ0) is 18.2. The molecule has 0 aliphatic heterocycles. The summed E-state index contributed by atoms with van der Waals surface area (Å²) in [5.74, 6) is -1.03. The number of halogens is 1. The van der Waals surface area contributed by atoms with Gasteiger partial charge in [0.15, 0.2) is 6.04 Å². The second-order valence-corrected chi connectivity index (χ2v) is 7.81. The molecule has 0 amide bonds. The molecule has 0 aliphatic rings. The van der Waals surface area contributed by atoms with E-state index in [9.17, 15) is 18.3 Å². The van der Waals surface area contributed by atoms with Crippen molar-refractivity contribution in [2.75, 3.05) is 11.0 Å².